The Morgan fingerprint density at radius 1 is 1.19 bits per heavy atom. The first-order valence-corrected chi connectivity index (χ1v) is 12.0. The molecule has 0 aromatic heterocycles. The highest BCUT2D eigenvalue weighted by molar-refractivity contribution is 6.00. The number of nitro benzene ring substituents is 1. The van der Waals surface area contributed by atoms with Crippen LogP contribution in [0.2, 0.25) is 0 Å². The van der Waals surface area contributed by atoms with Gasteiger partial charge in [-0.25, -0.2) is 0 Å². The third-order valence-electron chi connectivity index (χ3n) is 6.90. The van der Waals surface area contributed by atoms with Crippen molar-refractivity contribution in [3.63, 3.8) is 0 Å². The van der Waals surface area contributed by atoms with E-state index in [2.05, 4.69) is 5.32 Å². The van der Waals surface area contributed by atoms with E-state index in [1.165, 1.54) is 30.3 Å². The summed E-state index contributed by atoms with van der Waals surface area (Å²) >= 11 is 0. The average Bonchev–Trinajstić information content (AvgIpc) is 3.60. The second kappa shape index (κ2) is 12.0. The number of hydrogen-bond acceptors (Lipinski definition) is 9. The van der Waals surface area contributed by atoms with Gasteiger partial charge in [0.05, 0.1) is 48.6 Å². The van der Waals surface area contributed by atoms with E-state index in [0.717, 1.165) is 0 Å². The van der Waals surface area contributed by atoms with Crippen LogP contribution in [0.15, 0.2) is 35.9 Å². The second-order valence-corrected chi connectivity index (χ2v) is 9.73. The van der Waals surface area contributed by atoms with Crippen molar-refractivity contribution in [2.75, 3.05) is 13.2 Å². The Labute approximate surface area is 209 Å². The number of non-ortho nitro benzene ring substituents is 1. The third-order valence-corrected chi connectivity index (χ3v) is 6.90. The van der Waals surface area contributed by atoms with Crippen LogP contribution in [0.25, 0.3) is 0 Å². The molecule has 2 fully saturated rings. The van der Waals surface area contributed by atoms with Crippen LogP contribution < -0.4 is 5.32 Å². The van der Waals surface area contributed by atoms with E-state index in [4.69, 9.17) is 9.47 Å². The fourth-order valence-electron chi connectivity index (χ4n) is 4.40. The van der Waals surface area contributed by atoms with Crippen molar-refractivity contribution in [3.05, 3.63) is 51.6 Å². The number of ether oxygens (including phenoxy) is 2. The fourth-order valence-corrected chi connectivity index (χ4v) is 4.40. The number of rotatable bonds is 11. The maximum atomic E-state index is 12.2. The predicted molar refractivity (Wildman–Crippen MR) is 128 cm³/mol. The lowest BCUT2D eigenvalue weighted by Gasteiger charge is -2.38. The first kappa shape index (κ1) is 27.9. The van der Waals surface area contributed by atoms with Crippen molar-refractivity contribution in [3.8, 4) is 0 Å². The van der Waals surface area contributed by atoms with Gasteiger partial charge in [0.15, 0.2) is 5.78 Å². The Morgan fingerprint density at radius 2 is 1.86 bits per heavy atom. The van der Waals surface area contributed by atoms with Gasteiger partial charge in [0.1, 0.15) is 6.10 Å². The van der Waals surface area contributed by atoms with E-state index < -0.39 is 41.0 Å². The lowest BCUT2D eigenvalue weighted by Crippen LogP contribution is -2.50. The number of aliphatic hydroxyl groups excluding tert-OH is 3. The van der Waals surface area contributed by atoms with Gasteiger partial charge >= 0.3 is 0 Å². The van der Waals surface area contributed by atoms with Crippen LogP contribution in [0.5, 0.6) is 0 Å². The highest BCUT2D eigenvalue weighted by Crippen LogP contribution is 2.38. The Morgan fingerprint density at radius 3 is 2.47 bits per heavy atom. The molecule has 0 aliphatic carbocycles. The van der Waals surface area contributed by atoms with Gasteiger partial charge in [-0.2, -0.15) is 0 Å². The van der Waals surface area contributed by atoms with E-state index in [1.807, 2.05) is 6.92 Å². The zero-order valence-corrected chi connectivity index (χ0v) is 20.6. The molecule has 0 radical (unpaired) electrons. The summed E-state index contributed by atoms with van der Waals surface area (Å²) in [7, 11) is 0. The molecular formula is C25H34N2O9. The molecule has 1 amide bonds. The van der Waals surface area contributed by atoms with Gasteiger partial charge in [0.25, 0.3) is 5.69 Å². The Hall–Kier alpha value is -2.70. The van der Waals surface area contributed by atoms with Gasteiger partial charge in [0.2, 0.25) is 5.91 Å². The zero-order valence-electron chi connectivity index (χ0n) is 20.6. The van der Waals surface area contributed by atoms with Crippen LogP contribution in [0.4, 0.5) is 5.69 Å². The van der Waals surface area contributed by atoms with Crippen LogP contribution in [0.1, 0.15) is 44.0 Å². The number of benzene rings is 1. The predicted octanol–water partition coefficient (Wildman–Crippen LogP) is 1.14. The number of aliphatic hydroxyl groups is 3. The summed E-state index contributed by atoms with van der Waals surface area (Å²) in [5.41, 5.74) is 0.710. The summed E-state index contributed by atoms with van der Waals surface area (Å²) in [6.45, 7) is 5.27. The summed E-state index contributed by atoms with van der Waals surface area (Å²) < 4.78 is 11.4. The molecule has 1 aromatic carbocycles. The lowest BCUT2D eigenvalue weighted by molar-refractivity contribution is -0.384. The first-order valence-electron chi connectivity index (χ1n) is 12.0. The van der Waals surface area contributed by atoms with Crippen LogP contribution in [0.3, 0.4) is 0 Å². The molecule has 8 unspecified atom stereocenters. The molecule has 8 atom stereocenters. The monoisotopic (exact) mass is 506 g/mol. The van der Waals surface area contributed by atoms with Crippen molar-refractivity contribution in [1.29, 1.82) is 0 Å². The zero-order chi connectivity index (χ0) is 26.6. The molecule has 11 nitrogen and oxygen atoms in total. The minimum absolute atomic E-state index is 0.0160. The topological polar surface area (TPSA) is 172 Å². The Balaban J connectivity index is 1.44. The highest BCUT2D eigenvalue weighted by atomic mass is 16.6. The van der Waals surface area contributed by atoms with E-state index in [9.17, 15) is 35.0 Å². The summed E-state index contributed by atoms with van der Waals surface area (Å²) in [6.07, 6.45) is -1.42. The van der Waals surface area contributed by atoms with Gasteiger partial charge < -0.3 is 30.1 Å². The molecule has 2 heterocycles. The molecule has 0 spiro atoms. The molecule has 3 rings (SSSR count). The molecule has 4 N–H and O–H groups in total. The number of hydrogen-bond donors (Lipinski definition) is 4. The van der Waals surface area contributed by atoms with Crippen LogP contribution in [0, 0.1) is 22.0 Å². The van der Waals surface area contributed by atoms with Crippen LogP contribution >= 0.6 is 0 Å². The molecule has 2 aliphatic rings. The second-order valence-electron chi connectivity index (χ2n) is 9.73. The molecule has 2 aliphatic heterocycles. The molecule has 36 heavy (non-hydrogen) atoms. The van der Waals surface area contributed by atoms with Crippen molar-refractivity contribution < 1.29 is 39.3 Å². The number of nitro groups is 1. The number of Topliss-reactive ketones (excluding diaryl/α,β-unsaturated/α-hetero) is 1. The number of nitrogens with one attached hydrogen (secondary N) is 1. The smallest absolute Gasteiger partial charge is 0.269 e. The SMILES string of the molecule is C/C(=C\C(=O)NCC(=O)c1ccc([N+](=O)[O-])cc1)CC1OCC(CC2OC2C(C)C(C)O)C(O)C1O. The normalized spacial score (nSPS) is 29.8. The average molecular weight is 507 g/mol. The summed E-state index contributed by atoms with van der Waals surface area (Å²) in [5, 5.41) is 44.1. The quantitative estimate of drug-likeness (QED) is 0.113. The van der Waals surface area contributed by atoms with Gasteiger partial charge in [-0.15, -0.1) is 0 Å². The molecular weight excluding hydrogens is 472 g/mol. The lowest BCUT2D eigenvalue weighted by atomic mass is 9.85. The first-order chi connectivity index (χ1) is 17.0. The summed E-state index contributed by atoms with van der Waals surface area (Å²) in [6, 6.07) is 5.11. The minimum atomic E-state index is -1.13. The summed E-state index contributed by atoms with van der Waals surface area (Å²) in [5.74, 6) is -1.21. The van der Waals surface area contributed by atoms with Gasteiger partial charge in [-0.3, -0.25) is 19.7 Å². The number of epoxide rings is 1. The minimum Gasteiger partial charge on any atom is -0.393 e. The number of carbonyl (C=O) groups excluding carboxylic acids is 2. The number of nitrogens with zero attached hydrogens (tertiary/aromatic N) is 1. The molecule has 198 valence electrons. The van der Waals surface area contributed by atoms with Crippen LogP contribution in [-0.4, -0.2) is 81.7 Å². The van der Waals surface area contributed by atoms with Crippen molar-refractivity contribution in [2.45, 2.75) is 70.2 Å². The van der Waals surface area contributed by atoms with Crippen molar-refractivity contribution in [2.24, 2.45) is 11.8 Å². The van der Waals surface area contributed by atoms with Gasteiger partial charge in [-0.05, 0) is 38.8 Å². The number of carbonyl (C=O) groups is 2. The molecule has 1 aromatic rings. The number of ketones is 1. The third kappa shape index (κ3) is 7.17. The molecule has 0 bridgehead atoms. The van der Waals surface area contributed by atoms with E-state index in [-0.39, 0.29) is 54.9 Å². The maximum Gasteiger partial charge on any atom is 0.269 e. The highest BCUT2D eigenvalue weighted by Gasteiger charge is 2.48. The van der Waals surface area contributed by atoms with Crippen molar-refractivity contribution in [1.82, 2.24) is 5.32 Å². The largest absolute Gasteiger partial charge is 0.393 e. The van der Waals surface area contributed by atoms with Gasteiger partial charge in [-0.1, -0.05) is 12.5 Å². The molecule has 11 heteroatoms. The maximum absolute atomic E-state index is 12.2. The van der Waals surface area contributed by atoms with E-state index in [1.54, 1.807) is 13.8 Å². The number of amides is 1. The van der Waals surface area contributed by atoms with Gasteiger partial charge in [0, 0.05) is 35.6 Å². The van der Waals surface area contributed by atoms with Crippen molar-refractivity contribution >= 4 is 17.4 Å². The fraction of sp³-hybridized carbons (Fsp3) is 0.600. The Bertz CT molecular complexity index is 978. The van der Waals surface area contributed by atoms with Crippen LogP contribution in [-0.2, 0) is 14.3 Å². The Kier molecular flexibility index (Phi) is 9.31. The summed E-state index contributed by atoms with van der Waals surface area (Å²) in [4.78, 5) is 34.6. The molecule has 0 saturated carbocycles. The van der Waals surface area contributed by atoms with E-state index in [0.29, 0.717) is 12.0 Å². The molecule has 2 saturated heterocycles. The standard InChI is InChI=1S/C25H34N2O9/c1-13(9-22(30)26-11-19(29)16-4-6-18(7-5-16)27(33)34)8-20-24(32)23(31)17(12-35-20)10-21-25(36-21)14(2)15(3)28/h4-7,9,14-15,17,20-21,23-25,28,31-32H,8,10-12H2,1-3H3,(H,26,30)/b13-9+. The van der Waals surface area contributed by atoms with E-state index >= 15 is 0 Å².